The Kier molecular flexibility index (Phi) is 10.1. The molecule has 5 fully saturated rings. The number of halogens is 2. The van der Waals surface area contributed by atoms with E-state index in [4.69, 9.17) is 10.5 Å². The summed E-state index contributed by atoms with van der Waals surface area (Å²) in [6, 6.07) is 0. The van der Waals surface area contributed by atoms with E-state index in [1.54, 1.807) is 0 Å². The number of alkyl halides is 2. The van der Waals surface area contributed by atoms with Gasteiger partial charge < -0.3 is 20.7 Å². The third-order valence-electron chi connectivity index (χ3n) is 16.2. The number of fused-ring (bicyclic) bond motifs is 7. The SMILES string of the molecule is C=C(O)CC(C)(C)CC(=C)OC1CC[C@]2(C)[C@H]3CCC4(N)[C@H]5[C@H](C(=C)C)CC[C@]5(C(O)/C=C/C(F)CF)CC[C@@]4(C)[C@]3(C)CC[C@H]2C1(C)C. The van der Waals surface area contributed by atoms with Crippen molar-refractivity contribution in [1.82, 2.24) is 0 Å². The largest absolute Gasteiger partial charge is 0.513 e. The third-order valence-corrected chi connectivity index (χ3v) is 16.2. The maximum atomic E-state index is 14.0. The molecule has 5 saturated carbocycles. The van der Waals surface area contributed by atoms with Crippen LogP contribution in [0.4, 0.5) is 8.78 Å². The van der Waals surface area contributed by atoms with Gasteiger partial charge in [0.25, 0.3) is 0 Å². The molecule has 0 spiro atoms. The topological polar surface area (TPSA) is 75.7 Å². The molecular weight excluding hydrogens is 616 g/mol. The van der Waals surface area contributed by atoms with Crippen molar-refractivity contribution in [3.8, 4) is 0 Å². The molecule has 0 saturated heterocycles. The Labute approximate surface area is 297 Å². The maximum Gasteiger partial charge on any atom is 0.147 e. The Morgan fingerprint density at radius 2 is 1.57 bits per heavy atom. The summed E-state index contributed by atoms with van der Waals surface area (Å²) in [5.41, 5.74) is 7.91. The van der Waals surface area contributed by atoms with Gasteiger partial charge in [-0.1, -0.05) is 79.9 Å². The zero-order chi connectivity index (χ0) is 36.6. The fraction of sp³-hybridized carbons (Fsp3) is 0.814. The molecule has 0 aromatic carbocycles. The molecule has 0 radical (unpaired) electrons. The van der Waals surface area contributed by atoms with Crippen LogP contribution in [0.1, 0.15) is 132 Å². The van der Waals surface area contributed by atoms with Crippen molar-refractivity contribution in [2.45, 2.75) is 156 Å². The zero-order valence-corrected chi connectivity index (χ0v) is 32.1. The van der Waals surface area contributed by atoms with Crippen molar-refractivity contribution in [3.63, 3.8) is 0 Å². The van der Waals surface area contributed by atoms with Crippen molar-refractivity contribution < 1.29 is 23.7 Å². The first-order chi connectivity index (χ1) is 22.5. The molecule has 0 amide bonds. The summed E-state index contributed by atoms with van der Waals surface area (Å²) in [6.07, 6.45) is 11.3. The van der Waals surface area contributed by atoms with E-state index >= 15 is 0 Å². The molecule has 12 atom stereocenters. The minimum Gasteiger partial charge on any atom is -0.513 e. The molecular formula is C43H69F2NO3. The van der Waals surface area contributed by atoms with E-state index < -0.39 is 29.9 Å². The number of hydrogen-bond acceptors (Lipinski definition) is 4. The van der Waals surface area contributed by atoms with Gasteiger partial charge in [0, 0.05) is 29.2 Å². The molecule has 0 aromatic rings. The molecule has 49 heavy (non-hydrogen) atoms. The number of nitrogens with two attached hydrogens (primary N) is 1. The number of ether oxygens (including phenoxy) is 1. The number of aliphatic hydroxyl groups excluding tert-OH is 2. The van der Waals surface area contributed by atoms with Crippen molar-refractivity contribution in [2.24, 2.45) is 61.9 Å². The smallest absolute Gasteiger partial charge is 0.147 e. The van der Waals surface area contributed by atoms with E-state index in [9.17, 15) is 19.0 Å². The molecule has 278 valence electrons. The maximum absolute atomic E-state index is 14.0. The van der Waals surface area contributed by atoms with Gasteiger partial charge in [0.2, 0.25) is 0 Å². The van der Waals surface area contributed by atoms with Crippen LogP contribution in [0.25, 0.3) is 0 Å². The highest BCUT2D eigenvalue weighted by atomic mass is 19.2. The number of rotatable bonds is 11. The molecule has 6 heteroatoms. The monoisotopic (exact) mass is 686 g/mol. The normalized spacial score (nSPS) is 44.2. The lowest BCUT2D eigenvalue weighted by Gasteiger charge is -2.76. The molecule has 5 aliphatic rings. The standard InChI is InChI=1S/C43H69F2NO3/c1-27(2)31-14-20-42(34(48)13-12-30(45)26-44)23-22-41(11)40(10)19-15-32-38(7,8)35(49-29(4)25-37(5,6)24-28(3)47)17-18-39(32,9)33(40)16-21-43(41,46)36(31)42/h12-13,30-36,47-48H,1,3-4,14-26,46H2,2,5-11H3/b13-12+/t30?,31-,32-,33+,34?,35?,36-,39-,40+,41-,42+,43?/m0/s1. The zero-order valence-electron chi connectivity index (χ0n) is 32.1. The molecule has 5 aliphatic carbocycles. The molecule has 4 unspecified atom stereocenters. The quantitative estimate of drug-likeness (QED) is 0.149. The van der Waals surface area contributed by atoms with Crippen molar-refractivity contribution >= 4 is 0 Å². The number of hydrogen-bond donors (Lipinski definition) is 3. The summed E-state index contributed by atoms with van der Waals surface area (Å²) >= 11 is 0. The van der Waals surface area contributed by atoms with Crippen LogP contribution in [0.2, 0.25) is 0 Å². The van der Waals surface area contributed by atoms with Gasteiger partial charge >= 0.3 is 0 Å². The Balaban J connectivity index is 1.44. The summed E-state index contributed by atoms with van der Waals surface area (Å²) < 4.78 is 33.8. The van der Waals surface area contributed by atoms with Crippen molar-refractivity contribution in [1.29, 1.82) is 0 Å². The highest BCUT2D eigenvalue weighted by Gasteiger charge is 2.75. The lowest BCUT2D eigenvalue weighted by molar-refractivity contribution is -0.259. The molecule has 0 aromatic heterocycles. The molecule has 4 nitrogen and oxygen atoms in total. The van der Waals surface area contributed by atoms with E-state index in [2.05, 4.69) is 75.1 Å². The van der Waals surface area contributed by atoms with Crippen LogP contribution < -0.4 is 5.73 Å². The van der Waals surface area contributed by atoms with Crippen molar-refractivity contribution in [2.75, 3.05) is 6.67 Å². The average molecular weight is 686 g/mol. The molecule has 0 aliphatic heterocycles. The van der Waals surface area contributed by atoms with Gasteiger partial charge in [0.1, 0.15) is 19.0 Å². The lowest BCUT2D eigenvalue weighted by Crippen LogP contribution is -2.77. The summed E-state index contributed by atoms with van der Waals surface area (Å²) in [5.74, 6) is 2.23. The van der Waals surface area contributed by atoms with E-state index in [1.807, 2.05) is 0 Å². The molecule has 0 bridgehead atoms. The Morgan fingerprint density at radius 3 is 2.18 bits per heavy atom. The second-order valence-corrected chi connectivity index (χ2v) is 19.8. The van der Waals surface area contributed by atoms with E-state index in [0.29, 0.717) is 24.7 Å². The fourth-order valence-corrected chi connectivity index (χ4v) is 13.9. The van der Waals surface area contributed by atoms with Gasteiger partial charge in [-0.05, 0) is 123 Å². The second kappa shape index (κ2) is 12.8. The second-order valence-electron chi connectivity index (χ2n) is 19.8. The van der Waals surface area contributed by atoms with Crippen LogP contribution in [-0.4, -0.2) is 40.8 Å². The Bertz CT molecular complexity index is 1340. The highest BCUT2D eigenvalue weighted by Crippen LogP contribution is 2.78. The van der Waals surface area contributed by atoms with Crippen LogP contribution in [0.3, 0.4) is 0 Å². The predicted molar refractivity (Wildman–Crippen MR) is 197 cm³/mol. The van der Waals surface area contributed by atoms with Gasteiger partial charge in [-0.15, -0.1) is 0 Å². The lowest BCUT2D eigenvalue weighted by atomic mass is 9.30. The van der Waals surface area contributed by atoms with Crippen LogP contribution in [-0.2, 0) is 4.74 Å². The van der Waals surface area contributed by atoms with Gasteiger partial charge in [0.15, 0.2) is 0 Å². The molecule has 4 N–H and O–H groups in total. The van der Waals surface area contributed by atoms with Gasteiger partial charge in [-0.3, -0.25) is 0 Å². The number of aliphatic hydroxyl groups is 2. The Hall–Kier alpha value is -1.66. The Morgan fingerprint density at radius 1 is 0.918 bits per heavy atom. The summed E-state index contributed by atoms with van der Waals surface area (Å²) in [5, 5.41) is 21.6. The van der Waals surface area contributed by atoms with Crippen LogP contribution >= 0.6 is 0 Å². The van der Waals surface area contributed by atoms with Crippen molar-refractivity contribution in [3.05, 3.63) is 49.0 Å². The first-order valence-corrected chi connectivity index (χ1v) is 19.3. The minimum atomic E-state index is -1.70. The third kappa shape index (κ3) is 5.89. The minimum absolute atomic E-state index is 0.0166. The summed E-state index contributed by atoms with van der Waals surface area (Å²) in [7, 11) is 0. The fourth-order valence-electron chi connectivity index (χ4n) is 13.9. The van der Waals surface area contributed by atoms with E-state index in [1.165, 1.54) is 12.2 Å². The first-order valence-electron chi connectivity index (χ1n) is 19.3. The average Bonchev–Trinajstić information content (AvgIpc) is 3.40. The highest BCUT2D eigenvalue weighted by molar-refractivity contribution is 5.30. The van der Waals surface area contributed by atoms with Gasteiger partial charge in [0.05, 0.1) is 17.6 Å². The van der Waals surface area contributed by atoms with Gasteiger partial charge in [-0.2, -0.15) is 0 Å². The number of allylic oxidation sites excluding steroid dienone is 4. The van der Waals surface area contributed by atoms with Crippen LogP contribution in [0.15, 0.2) is 49.0 Å². The van der Waals surface area contributed by atoms with E-state index in [0.717, 1.165) is 75.5 Å². The summed E-state index contributed by atoms with van der Waals surface area (Å²) in [6.45, 7) is 30.2. The first kappa shape index (κ1) is 38.6. The van der Waals surface area contributed by atoms with E-state index in [-0.39, 0.29) is 50.8 Å². The van der Waals surface area contributed by atoms with Crippen LogP contribution in [0, 0.1) is 56.2 Å². The van der Waals surface area contributed by atoms with Gasteiger partial charge in [-0.25, -0.2) is 8.78 Å². The predicted octanol–water partition coefficient (Wildman–Crippen LogP) is 10.7. The molecule has 0 heterocycles. The summed E-state index contributed by atoms with van der Waals surface area (Å²) in [4.78, 5) is 0. The molecule has 5 rings (SSSR count). The van der Waals surface area contributed by atoms with Crippen LogP contribution in [0.5, 0.6) is 0 Å².